The summed E-state index contributed by atoms with van der Waals surface area (Å²) in [6, 6.07) is 0. The van der Waals surface area contributed by atoms with E-state index in [1.807, 2.05) is 0 Å². The Hall–Kier alpha value is 1.64. The Morgan fingerprint density at radius 1 is 1.14 bits per heavy atom. The van der Waals surface area contributed by atoms with Crippen molar-refractivity contribution >= 4 is 0 Å². The summed E-state index contributed by atoms with van der Waals surface area (Å²) in [4.78, 5) is 0. The minimum Gasteiger partial charge on any atom is -1.00 e. The summed E-state index contributed by atoms with van der Waals surface area (Å²) in [5, 5.41) is 0. The fraction of sp³-hybridized carbons (Fsp3) is 1.00. The van der Waals surface area contributed by atoms with E-state index in [4.69, 9.17) is 0 Å². The molecule has 0 N–H and O–H groups in total. The standard InChI is InChI=1S/C6H14.K.H2.H/c1-3-5-6-4-2;;;/h3-6H2,1-2H3;;1H;/q;+1;;-1/i;;1+1;. The van der Waals surface area contributed by atoms with Crippen molar-refractivity contribution in [2.75, 3.05) is 0 Å². The predicted molar refractivity (Wildman–Crippen MR) is 33.0 cm³/mol. The Bertz CT molecular complexity index is 23.0. The van der Waals surface area contributed by atoms with Crippen LogP contribution in [0.2, 0.25) is 0 Å². The fourth-order valence-electron chi connectivity index (χ4n) is 0.500. The van der Waals surface area contributed by atoms with Crippen molar-refractivity contribution in [2.24, 2.45) is 0 Å². The zero-order chi connectivity index (χ0) is 4.83. The van der Waals surface area contributed by atoms with Crippen LogP contribution in [0.25, 0.3) is 0 Å². The average Bonchev–Trinajstić information content (AvgIpc) is 1.61. The van der Waals surface area contributed by atoms with Crippen LogP contribution in [0.5, 0.6) is 0 Å². The van der Waals surface area contributed by atoms with Crippen molar-refractivity contribution in [3.63, 3.8) is 0 Å². The molecule has 0 amide bonds. The van der Waals surface area contributed by atoms with Crippen LogP contribution in [-0.4, -0.2) is 0 Å². The van der Waals surface area contributed by atoms with Gasteiger partial charge in [-0.2, -0.15) is 0 Å². The van der Waals surface area contributed by atoms with Gasteiger partial charge >= 0.3 is 51.4 Å². The second-order valence-electron chi connectivity index (χ2n) is 1.71. The van der Waals surface area contributed by atoms with E-state index >= 15 is 0 Å². The van der Waals surface area contributed by atoms with Crippen LogP contribution in [0.4, 0.5) is 0 Å². The van der Waals surface area contributed by atoms with Gasteiger partial charge in [0.15, 0.2) is 0 Å². The van der Waals surface area contributed by atoms with Crippen molar-refractivity contribution in [3.05, 3.63) is 0 Å². The minimum atomic E-state index is 0. The van der Waals surface area contributed by atoms with Gasteiger partial charge in [-0.25, -0.2) is 0 Å². The van der Waals surface area contributed by atoms with Gasteiger partial charge in [-0.1, -0.05) is 39.5 Å². The van der Waals surface area contributed by atoms with Crippen molar-refractivity contribution in [3.8, 4) is 0 Å². The molecule has 0 fully saturated rings. The monoisotopic (exact) mass is 129 g/mol. The molecule has 0 saturated carbocycles. The zero-order valence-corrected chi connectivity index (χ0v) is 8.95. The molecule has 0 aromatic rings. The van der Waals surface area contributed by atoms with E-state index in [9.17, 15) is 0 Å². The number of hydrogen-bond acceptors (Lipinski definition) is 0. The Labute approximate surface area is 92.5 Å². The molecule has 0 saturated heterocycles. The van der Waals surface area contributed by atoms with Crippen LogP contribution in [0, 0.1) is 0 Å². The summed E-state index contributed by atoms with van der Waals surface area (Å²) in [5.74, 6) is 0. The average molecular weight is 129 g/mol. The molecule has 0 aromatic heterocycles. The first-order chi connectivity index (χ1) is 2.91. The van der Waals surface area contributed by atoms with Crippen molar-refractivity contribution in [1.82, 2.24) is 0 Å². The first kappa shape index (κ1) is 11.4. The minimum absolute atomic E-state index is 0. The number of rotatable bonds is 3. The molecule has 0 aliphatic carbocycles. The first-order valence-electron chi connectivity index (χ1n) is 2.91. The van der Waals surface area contributed by atoms with Gasteiger partial charge < -0.3 is 1.43 Å². The molecule has 0 heterocycles. The smallest absolute Gasteiger partial charge is 1.00 e. The third-order valence-electron chi connectivity index (χ3n) is 0.957. The van der Waals surface area contributed by atoms with Gasteiger partial charge in [0.1, 0.15) is 0 Å². The van der Waals surface area contributed by atoms with E-state index in [1.165, 1.54) is 25.7 Å². The van der Waals surface area contributed by atoms with Crippen LogP contribution in [0.15, 0.2) is 0 Å². The van der Waals surface area contributed by atoms with Crippen LogP contribution in [0.3, 0.4) is 0 Å². The molecule has 7 heavy (non-hydrogen) atoms. The molecule has 0 nitrogen and oxygen atoms in total. The summed E-state index contributed by atoms with van der Waals surface area (Å²) in [6.07, 6.45) is 5.54. The Morgan fingerprint density at radius 3 is 1.57 bits per heavy atom. The normalized spacial score (nSPS) is 7.71. The summed E-state index contributed by atoms with van der Waals surface area (Å²) in [6.45, 7) is 4.46. The van der Waals surface area contributed by atoms with Gasteiger partial charge in [0.25, 0.3) is 0 Å². The molecular formula is C6H17K. The zero-order valence-electron chi connectivity index (χ0n) is 6.83. The largest absolute Gasteiger partial charge is 1.00 e. The second kappa shape index (κ2) is 10.6. The molecule has 0 rings (SSSR count). The molecule has 42 valence electrons. The first-order valence-corrected chi connectivity index (χ1v) is 2.91. The summed E-state index contributed by atoms with van der Waals surface area (Å²) >= 11 is 0. The van der Waals surface area contributed by atoms with Gasteiger partial charge in [-0.15, -0.1) is 0 Å². The maximum atomic E-state index is 2.23. The fourth-order valence-corrected chi connectivity index (χ4v) is 0.500. The van der Waals surface area contributed by atoms with E-state index in [0.29, 0.717) is 0 Å². The molecule has 0 spiro atoms. The van der Waals surface area contributed by atoms with Crippen LogP contribution < -0.4 is 51.4 Å². The molecular weight excluding hydrogens is 111 g/mol. The van der Waals surface area contributed by atoms with E-state index in [0.717, 1.165) is 0 Å². The second-order valence-corrected chi connectivity index (χ2v) is 1.71. The van der Waals surface area contributed by atoms with Crippen molar-refractivity contribution in [2.45, 2.75) is 39.5 Å². The number of unbranched alkanes of at least 4 members (excludes halogenated alkanes) is 3. The summed E-state index contributed by atoms with van der Waals surface area (Å²) < 4.78 is 0. The third-order valence-corrected chi connectivity index (χ3v) is 0.957. The van der Waals surface area contributed by atoms with Gasteiger partial charge in [0.2, 0.25) is 0 Å². The maximum Gasteiger partial charge on any atom is 1.00 e. The summed E-state index contributed by atoms with van der Waals surface area (Å²) in [5.41, 5.74) is 0. The Balaban J connectivity index is -0.0000000417. The van der Waals surface area contributed by atoms with Crippen LogP contribution in [0.1, 0.15) is 42.4 Å². The summed E-state index contributed by atoms with van der Waals surface area (Å²) in [7, 11) is 0. The van der Waals surface area contributed by atoms with Gasteiger partial charge in [0.05, 0.1) is 0 Å². The van der Waals surface area contributed by atoms with Gasteiger partial charge in [-0.3, -0.25) is 0 Å². The molecule has 0 aromatic carbocycles. The molecule has 1 heteroatoms. The quantitative estimate of drug-likeness (QED) is 0.370. The van der Waals surface area contributed by atoms with Crippen molar-refractivity contribution in [1.29, 1.82) is 0 Å². The van der Waals surface area contributed by atoms with Crippen LogP contribution >= 0.6 is 0 Å². The molecule has 0 radical (unpaired) electrons. The van der Waals surface area contributed by atoms with E-state index < -0.39 is 0 Å². The van der Waals surface area contributed by atoms with E-state index in [2.05, 4.69) is 13.8 Å². The van der Waals surface area contributed by atoms with E-state index in [-0.39, 0.29) is 54.2 Å². The molecule has 0 unspecified atom stereocenters. The Morgan fingerprint density at radius 2 is 1.43 bits per heavy atom. The van der Waals surface area contributed by atoms with Gasteiger partial charge in [0, 0.05) is 1.43 Å². The SMILES string of the molecule is CCCCCC.[2HH].[H-].[K+]. The van der Waals surface area contributed by atoms with Gasteiger partial charge in [-0.05, 0) is 0 Å². The molecule has 0 aliphatic rings. The van der Waals surface area contributed by atoms with E-state index in [1.54, 1.807) is 0 Å². The number of hydrogen-bond donors (Lipinski definition) is 0. The molecule has 0 aliphatic heterocycles. The molecule has 0 bridgehead atoms. The third kappa shape index (κ3) is 11.3. The maximum absolute atomic E-state index is 2.23. The topological polar surface area (TPSA) is 0 Å². The Kier molecular flexibility index (Phi) is 17.3. The van der Waals surface area contributed by atoms with Crippen molar-refractivity contribution < 1.29 is 54.2 Å². The predicted octanol–water partition coefficient (Wildman–Crippen LogP) is -0.0509. The van der Waals surface area contributed by atoms with Crippen LogP contribution in [-0.2, 0) is 0 Å². The molecule has 0 atom stereocenters.